The second kappa shape index (κ2) is 20.1. The van der Waals surface area contributed by atoms with E-state index in [0.717, 1.165) is 32.0 Å². The molecule has 0 unspecified atom stereocenters. The fourth-order valence-electron chi connectivity index (χ4n) is 7.04. The number of benzene rings is 4. The van der Waals surface area contributed by atoms with Gasteiger partial charge in [-0.1, -0.05) is 129 Å². The van der Waals surface area contributed by atoms with Crippen molar-refractivity contribution in [3.05, 3.63) is 142 Å². The summed E-state index contributed by atoms with van der Waals surface area (Å²) in [6.45, 7) is 9.41. The van der Waals surface area contributed by atoms with Crippen molar-refractivity contribution in [2.75, 3.05) is 0 Å². The van der Waals surface area contributed by atoms with Crippen LogP contribution in [-0.2, 0) is 33.9 Å². The van der Waals surface area contributed by atoms with Gasteiger partial charge in [0.2, 0.25) is 17.7 Å². The molecule has 13 nitrogen and oxygen atoms in total. The fraction of sp³-hybridized carbons (Fsp3) is 0.319. The highest BCUT2D eigenvalue weighted by atomic mass is 79.9. The molecule has 0 aliphatic rings. The lowest BCUT2D eigenvalue weighted by Crippen LogP contribution is -2.63. The number of carbonyl (C=O) groups is 4. The van der Waals surface area contributed by atoms with Gasteiger partial charge in [-0.05, 0) is 65.3 Å². The number of aliphatic hydroxyl groups is 1. The summed E-state index contributed by atoms with van der Waals surface area (Å²) in [5, 5.41) is 28.1. The summed E-state index contributed by atoms with van der Waals surface area (Å²) in [7, 11) is 0. The maximum Gasteiger partial charge on any atom is 0.270 e. The second-order valence-electron chi connectivity index (χ2n) is 16.6. The quantitative estimate of drug-likeness (QED) is 0.0605. The van der Waals surface area contributed by atoms with Crippen molar-refractivity contribution in [2.45, 2.75) is 84.4 Å². The molecule has 0 radical (unpaired) electrons. The third-order valence-corrected chi connectivity index (χ3v) is 11.0. The lowest BCUT2D eigenvalue weighted by molar-refractivity contribution is -0.134. The van der Waals surface area contributed by atoms with Gasteiger partial charge in [-0.3, -0.25) is 24.5 Å². The zero-order valence-electron chi connectivity index (χ0n) is 34.9. The monoisotopic (exact) mass is 888 g/mol. The Balaban J connectivity index is 1.25. The molecule has 2 aromatic heterocycles. The minimum atomic E-state index is -1.52. The number of aliphatic hydroxyl groups excluding tert-OH is 1. The van der Waals surface area contributed by atoms with E-state index >= 15 is 0 Å². The first kappa shape index (κ1) is 44.6. The van der Waals surface area contributed by atoms with Crippen LogP contribution in [0.15, 0.2) is 120 Å². The third kappa shape index (κ3) is 11.9. The highest BCUT2D eigenvalue weighted by molar-refractivity contribution is 9.10. The van der Waals surface area contributed by atoms with Crippen molar-refractivity contribution in [1.29, 1.82) is 0 Å². The number of nitrogens with one attached hydrogen (secondary N) is 6. The van der Waals surface area contributed by atoms with Gasteiger partial charge in [-0.25, -0.2) is 9.97 Å². The summed E-state index contributed by atoms with van der Waals surface area (Å²) < 4.78 is 0.876. The molecule has 318 valence electrons. The number of fused-ring (bicyclic) bond motifs is 2. The van der Waals surface area contributed by atoms with Gasteiger partial charge in [0, 0.05) is 16.4 Å². The van der Waals surface area contributed by atoms with Crippen molar-refractivity contribution in [3.8, 4) is 0 Å². The molecule has 6 rings (SSSR count). The molecule has 0 bridgehead atoms. The van der Waals surface area contributed by atoms with Gasteiger partial charge < -0.3 is 31.4 Å². The van der Waals surface area contributed by atoms with Crippen LogP contribution >= 0.6 is 15.9 Å². The standard InChI is InChI=1S/C47H53BrN8O5/c1-28(2)39(44(59)50-27-38-52-34-17-11-12-18-35(34)53-38)55-45(60)40(49-26-30-19-22-32(48)23-20-30)41(57)37(25-29-13-7-6-8-14-29)54-46(61)42(47(3,4)5)56-43(58)36-24-21-31-15-9-10-16-33(31)51-36/h6-24,28,37,39-42,49,57H,25-27H2,1-5H3,(H,50,59)(H,52,53)(H,54,61)(H,55,60)(H,56,58)/t37-,39-,40+,41+,42+/m0/s1. The SMILES string of the molecule is CC(C)[C@H](NC(=O)[C@H](NCc1ccc(Br)cc1)[C@H](O)[C@H](Cc1ccccc1)NC(=O)[C@@H](NC(=O)c1ccc2ccccc2n1)C(C)(C)C)C(=O)NCc1nc2ccccc2[nH]1. The van der Waals surface area contributed by atoms with Gasteiger partial charge in [0.15, 0.2) is 0 Å². The molecule has 2 heterocycles. The molecule has 4 amide bonds. The molecule has 14 heteroatoms. The number of para-hydroxylation sites is 3. The number of hydrogen-bond acceptors (Lipinski definition) is 8. The summed E-state index contributed by atoms with van der Waals surface area (Å²) in [5.41, 5.74) is 3.24. The average molecular weight is 890 g/mol. The molecule has 0 saturated heterocycles. The van der Waals surface area contributed by atoms with E-state index in [4.69, 9.17) is 0 Å². The van der Waals surface area contributed by atoms with Gasteiger partial charge in [-0.2, -0.15) is 0 Å². The molecular weight excluding hydrogens is 836 g/mol. The molecule has 0 aliphatic heterocycles. The number of imidazole rings is 1. The Hall–Kier alpha value is -5.96. The number of nitrogens with zero attached hydrogens (tertiary/aromatic N) is 2. The Kier molecular flexibility index (Phi) is 14.7. The number of hydrogen-bond donors (Lipinski definition) is 7. The maximum absolute atomic E-state index is 14.5. The van der Waals surface area contributed by atoms with Crippen molar-refractivity contribution in [1.82, 2.24) is 41.5 Å². The van der Waals surface area contributed by atoms with Gasteiger partial charge in [0.25, 0.3) is 5.91 Å². The highest BCUT2D eigenvalue weighted by Crippen LogP contribution is 2.22. The van der Waals surface area contributed by atoms with Crippen molar-refractivity contribution in [3.63, 3.8) is 0 Å². The largest absolute Gasteiger partial charge is 0.389 e. The predicted octanol–water partition coefficient (Wildman–Crippen LogP) is 5.72. The van der Waals surface area contributed by atoms with Crippen LogP contribution in [0.1, 0.15) is 62.1 Å². The number of amides is 4. The zero-order chi connectivity index (χ0) is 43.7. The molecular formula is C47H53BrN8O5. The zero-order valence-corrected chi connectivity index (χ0v) is 36.5. The molecule has 7 N–H and O–H groups in total. The van der Waals surface area contributed by atoms with Crippen molar-refractivity contribution >= 4 is 61.5 Å². The predicted molar refractivity (Wildman–Crippen MR) is 240 cm³/mol. The number of aromatic amines is 1. The summed E-state index contributed by atoms with van der Waals surface area (Å²) in [4.78, 5) is 68.6. The van der Waals surface area contributed by atoms with Crippen molar-refractivity contribution in [2.24, 2.45) is 11.3 Å². The normalized spacial score (nSPS) is 14.2. The molecule has 4 aromatic carbocycles. The van der Waals surface area contributed by atoms with Gasteiger partial charge in [-0.15, -0.1) is 0 Å². The minimum absolute atomic E-state index is 0.105. The van der Waals surface area contributed by atoms with E-state index < -0.39 is 59.3 Å². The molecule has 5 atom stereocenters. The van der Waals surface area contributed by atoms with Crippen LogP contribution in [0.4, 0.5) is 0 Å². The topological polar surface area (TPSA) is 190 Å². The lowest BCUT2D eigenvalue weighted by atomic mass is 9.85. The Morgan fingerprint density at radius 1 is 0.689 bits per heavy atom. The van der Waals surface area contributed by atoms with Gasteiger partial charge in [0.1, 0.15) is 29.6 Å². The molecule has 0 aliphatic carbocycles. The van der Waals surface area contributed by atoms with Crippen LogP contribution < -0.4 is 26.6 Å². The Bertz CT molecular complexity index is 2420. The first-order valence-corrected chi connectivity index (χ1v) is 21.1. The smallest absolute Gasteiger partial charge is 0.270 e. The first-order valence-electron chi connectivity index (χ1n) is 20.3. The fourth-order valence-corrected chi connectivity index (χ4v) is 7.31. The summed E-state index contributed by atoms with van der Waals surface area (Å²) in [5.74, 6) is -1.93. The molecule has 6 aromatic rings. The van der Waals surface area contributed by atoms with Crippen molar-refractivity contribution < 1.29 is 24.3 Å². The van der Waals surface area contributed by atoms with E-state index in [1.807, 2.05) is 138 Å². The number of carbonyl (C=O) groups excluding carboxylic acids is 4. The lowest BCUT2D eigenvalue weighted by Gasteiger charge is -2.35. The summed E-state index contributed by atoms with van der Waals surface area (Å²) >= 11 is 3.46. The molecule has 61 heavy (non-hydrogen) atoms. The van der Waals surface area contributed by atoms with Crippen LogP contribution in [0.25, 0.3) is 21.9 Å². The van der Waals surface area contributed by atoms with Gasteiger partial charge >= 0.3 is 0 Å². The number of halogens is 1. The van der Waals surface area contributed by atoms with E-state index in [1.165, 1.54) is 0 Å². The number of rotatable bonds is 17. The van der Waals surface area contributed by atoms with E-state index in [2.05, 4.69) is 57.5 Å². The minimum Gasteiger partial charge on any atom is -0.389 e. The Morgan fingerprint density at radius 2 is 1.36 bits per heavy atom. The Morgan fingerprint density at radius 3 is 2.05 bits per heavy atom. The van der Waals surface area contributed by atoms with Crippen LogP contribution in [0, 0.1) is 11.3 Å². The van der Waals surface area contributed by atoms with Crippen LogP contribution in [0.5, 0.6) is 0 Å². The molecule has 0 fully saturated rings. The first-order chi connectivity index (χ1) is 29.2. The summed E-state index contributed by atoms with van der Waals surface area (Å²) in [6, 6.07) is 30.8. The summed E-state index contributed by atoms with van der Waals surface area (Å²) in [6.07, 6.45) is -1.38. The highest BCUT2D eigenvalue weighted by Gasteiger charge is 2.39. The second-order valence-corrected chi connectivity index (χ2v) is 17.5. The average Bonchev–Trinajstić information content (AvgIpc) is 3.67. The van der Waals surface area contributed by atoms with Crippen LogP contribution in [0.3, 0.4) is 0 Å². The van der Waals surface area contributed by atoms with E-state index in [1.54, 1.807) is 12.1 Å². The van der Waals surface area contributed by atoms with E-state index in [-0.39, 0.29) is 31.1 Å². The molecule has 0 spiro atoms. The van der Waals surface area contributed by atoms with E-state index in [0.29, 0.717) is 11.3 Å². The van der Waals surface area contributed by atoms with E-state index in [9.17, 15) is 24.3 Å². The Labute approximate surface area is 364 Å². The third-order valence-electron chi connectivity index (χ3n) is 10.5. The number of H-pyrrole nitrogens is 1. The maximum atomic E-state index is 14.5. The number of pyridine rings is 1. The van der Waals surface area contributed by atoms with Gasteiger partial charge in [0.05, 0.1) is 35.2 Å². The van der Waals surface area contributed by atoms with Crippen LogP contribution in [0.2, 0.25) is 0 Å². The number of aromatic nitrogens is 3. The van der Waals surface area contributed by atoms with Crippen LogP contribution in [-0.4, -0.2) is 74.0 Å². The molecule has 0 saturated carbocycles.